The largest absolute Gasteiger partial charge is 0.484 e. The number of anilines is 1. The van der Waals surface area contributed by atoms with Crippen LogP contribution in [0.3, 0.4) is 0 Å². The molecule has 0 heterocycles. The van der Waals surface area contributed by atoms with E-state index in [1.165, 1.54) is 24.3 Å². The van der Waals surface area contributed by atoms with Crippen molar-refractivity contribution in [3.8, 4) is 5.75 Å². The molecule has 0 radical (unpaired) electrons. The van der Waals surface area contributed by atoms with Crippen molar-refractivity contribution in [1.82, 2.24) is 0 Å². The minimum Gasteiger partial charge on any atom is -0.484 e. The molecule has 0 aliphatic carbocycles. The first-order valence-electron chi connectivity index (χ1n) is 5.57. The molecule has 19 heavy (non-hydrogen) atoms. The highest BCUT2D eigenvalue weighted by Gasteiger charge is 2.03. The number of nitrogens with one attached hydrogen (secondary N) is 1. The monoisotopic (exact) mass is 323 g/mol. The summed E-state index contributed by atoms with van der Waals surface area (Å²) < 4.78 is 18.8. The van der Waals surface area contributed by atoms with E-state index in [1.54, 1.807) is 12.1 Å². The molecule has 0 unspecified atom stereocenters. The van der Waals surface area contributed by atoms with Crippen LogP contribution in [0, 0.1) is 5.82 Å². The summed E-state index contributed by atoms with van der Waals surface area (Å²) in [5.74, 6) is -0.161. The van der Waals surface area contributed by atoms with Crippen molar-refractivity contribution >= 4 is 27.5 Å². The van der Waals surface area contributed by atoms with E-state index in [9.17, 15) is 9.18 Å². The van der Waals surface area contributed by atoms with E-state index in [2.05, 4.69) is 21.2 Å². The average molecular weight is 324 g/mol. The van der Waals surface area contributed by atoms with Crippen molar-refractivity contribution in [3.05, 3.63) is 58.8 Å². The van der Waals surface area contributed by atoms with Gasteiger partial charge in [-0.25, -0.2) is 4.39 Å². The van der Waals surface area contributed by atoms with E-state index in [4.69, 9.17) is 4.74 Å². The maximum Gasteiger partial charge on any atom is 0.262 e. The van der Waals surface area contributed by atoms with Crippen LogP contribution in [0.4, 0.5) is 10.1 Å². The summed E-state index contributed by atoms with van der Waals surface area (Å²) in [4.78, 5) is 11.6. The number of amides is 1. The molecule has 0 bridgehead atoms. The third kappa shape index (κ3) is 4.37. The van der Waals surface area contributed by atoms with Crippen LogP contribution in [-0.2, 0) is 4.79 Å². The number of hydrogen-bond donors (Lipinski definition) is 1. The fourth-order valence-electron chi connectivity index (χ4n) is 1.41. The van der Waals surface area contributed by atoms with Crippen molar-refractivity contribution in [2.45, 2.75) is 0 Å². The van der Waals surface area contributed by atoms with Crippen LogP contribution < -0.4 is 10.1 Å². The predicted octanol–water partition coefficient (Wildman–Crippen LogP) is 3.61. The zero-order valence-electron chi connectivity index (χ0n) is 9.90. The van der Waals surface area contributed by atoms with Crippen molar-refractivity contribution in [1.29, 1.82) is 0 Å². The number of carbonyl (C=O) groups excluding carboxylic acids is 1. The Kier molecular flexibility index (Phi) is 4.52. The maximum absolute atomic E-state index is 12.7. The molecular formula is C14H11BrFNO2. The highest BCUT2D eigenvalue weighted by atomic mass is 79.9. The van der Waals surface area contributed by atoms with E-state index in [0.29, 0.717) is 11.4 Å². The van der Waals surface area contributed by atoms with Crippen molar-refractivity contribution < 1.29 is 13.9 Å². The van der Waals surface area contributed by atoms with Crippen LogP contribution >= 0.6 is 15.9 Å². The Morgan fingerprint density at radius 3 is 2.37 bits per heavy atom. The zero-order valence-corrected chi connectivity index (χ0v) is 11.5. The third-order valence-corrected chi connectivity index (χ3v) is 2.84. The van der Waals surface area contributed by atoms with E-state index >= 15 is 0 Å². The molecule has 2 rings (SSSR count). The number of benzene rings is 2. The minimum atomic E-state index is -0.341. The standard InChI is InChI=1S/C14H11BrFNO2/c15-10-1-5-12(6-2-10)17-14(18)9-19-13-7-3-11(16)4-8-13/h1-8H,9H2,(H,17,18). The quantitative estimate of drug-likeness (QED) is 0.933. The fraction of sp³-hybridized carbons (Fsp3) is 0.0714. The Morgan fingerprint density at radius 2 is 1.74 bits per heavy atom. The first kappa shape index (κ1) is 13.5. The van der Waals surface area contributed by atoms with Gasteiger partial charge in [-0.05, 0) is 48.5 Å². The van der Waals surface area contributed by atoms with Crippen molar-refractivity contribution in [3.63, 3.8) is 0 Å². The number of ether oxygens (including phenoxy) is 1. The van der Waals surface area contributed by atoms with Gasteiger partial charge in [-0.2, -0.15) is 0 Å². The lowest BCUT2D eigenvalue weighted by Crippen LogP contribution is -2.20. The summed E-state index contributed by atoms with van der Waals surface area (Å²) in [5, 5.41) is 2.69. The van der Waals surface area contributed by atoms with Crippen LogP contribution in [0.5, 0.6) is 5.75 Å². The first-order valence-corrected chi connectivity index (χ1v) is 6.36. The van der Waals surface area contributed by atoms with E-state index in [-0.39, 0.29) is 18.3 Å². The van der Waals surface area contributed by atoms with Gasteiger partial charge < -0.3 is 10.1 Å². The molecular weight excluding hydrogens is 313 g/mol. The Bertz CT molecular complexity index is 555. The van der Waals surface area contributed by atoms with Crippen LogP contribution in [0.15, 0.2) is 53.0 Å². The van der Waals surface area contributed by atoms with Crippen LogP contribution in [0.25, 0.3) is 0 Å². The smallest absolute Gasteiger partial charge is 0.262 e. The van der Waals surface area contributed by atoms with Crippen molar-refractivity contribution in [2.75, 3.05) is 11.9 Å². The van der Waals surface area contributed by atoms with Gasteiger partial charge in [-0.1, -0.05) is 15.9 Å². The molecule has 1 amide bonds. The lowest BCUT2D eigenvalue weighted by molar-refractivity contribution is -0.118. The zero-order chi connectivity index (χ0) is 13.7. The molecule has 0 spiro atoms. The van der Waals surface area contributed by atoms with Gasteiger partial charge in [0.2, 0.25) is 0 Å². The van der Waals surface area contributed by atoms with Gasteiger partial charge in [0.05, 0.1) is 0 Å². The number of rotatable bonds is 4. The highest BCUT2D eigenvalue weighted by molar-refractivity contribution is 9.10. The Morgan fingerprint density at radius 1 is 1.11 bits per heavy atom. The molecule has 0 saturated heterocycles. The van der Waals surface area contributed by atoms with Crippen LogP contribution in [0.1, 0.15) is 0 Å². The van der Waals surface area contributed by atoms with Gasteiger partial charge in [0.1, 0.15) is 11.6 Å². The van der Waals surface area contributed by atoms with Crippen LogP contribution in [-0.4, -0.2) is 12.5 Å². The van der Waals surface area contributed by atoms with Crippen LogP contribution in [0.2, 0.25) is 0 Å². The van der Waals surface area contributed by atoms with Gasteiger partial charge in [-0.3, -0.25) is 4.79 Å². The summed E-state index contributed by atoms with van der Waals surface area (Å²) in [5.41, 5.74) is 0.691. The molecule has 0 atom stereocenters. The number of carbonyl (C=O) groups is 1. The SMILES string of the molecule is O=C(COc1ccc(F)cc1)Nc1ccc(Br)cc1. The summed E-state index contributed by atoms with van der Waals surface area (Å²) in [7, 11) is 0. The van der Waals surface area contributed by atoms with Crippen molar-refractivity contribution in [2.24, 2.45) is 0 Å². The van der Waals surface area contributed by atoms with Gasteiger partial charge in [0.25, 0.3) is 5.91 Å². The molecule has 0 aliphatic heterocycles. The fourth-order valence-corrected chi connectivity index (χ4v) is 1.67. The topological polar surface area (TPSA) is 38.3 Å². The minimum absolute atomic E-state index is 0.123. The molecule has 3 nitrogen and oxygen atoms in total. The summed E-state index contributed by atoms with van der Waals surface area (Å²) >= 11 is 3.31. The summed E-state index contributed by atoms with van der Waals surface area (Å²) in [6, 6.07) is 12.7. The average Bonchev–Trinajstić information content (AvgIpc) is 2.41. The number of halogens is 2. The molecule has 0 aliphatic rings. The third-order valence-electron chi connectivity index (χ3n) is 2.31. The lowest BCUT2D eigenvalue weighted by Gasteiger charge is -2.07. The highest BCUT2D eigenvalue weighted by Crippen LogP contribution is 2.14. The van der Waals surface area contributed by atoms with E-state index in [0.717, 1.165) is 4.47 Å². The molecule has 2 aromatic carbocycles. The van der Waals surface area contributed by atoms with Gasteiger partial charge in [-0.15, -0.1) is 0 Å². The van der Waals surface area contributed by atoms with E-state index in [1.807, 2.05) is 12.1 Å². The molecule has 5 heteroatoms. The second-order valence-electron chi connectivity index (χ2n) is 3.80. The second-order valence-corrected chi connectivity index (χ2v) is 4.71. The lowest BCUT2D eigenvalue weighted by atomic mass is 10.3. The summed E-state index contributed by atoms with van der Waals surface area (Å²) in [6.45, 7) is -0.123. The molecule has 0 aromatic heterocycles. The Balaban J connectivity index is 1.84. The van der Waals surface area contributed by atoms with Gasteiger partial charge >= 0.3 is 0 Å². The normalized spacial score (nSPS) is 10.0. The van der Waals surface area contributed by atoms with Gasteiger partial charge in [0.15, 0.2) is 6.61 Å². The summed E-state index contributed by atoms with van der Waals surface area (Å²) in [6.07, 6.45) is 0. The molecule has 1 N–H and O–H groups in total. The predicted molar refractivity (Wildman–Crippen MR) is 74.7 cm³/mol. The number of hydrogen-bond acceptors (Lipinski definition) is 2. The second kappa shape index (κ2) is 6.33. The maximum atomic E-state index is 12.7. The Labute approximate surface area is 118 Å². The first-order chi connectivity index (χ1) is 9.13. The molecule has 98 valence electrons. The van der Waals surface area contributed by atoms with E-state index < -0.39 is 0 Å². The molecule has 2 aromatic rings. The Hall–Kier alpha value is -1.88. The molecule has 0 fully saturated rings. The van der Waals surface area contributed by atoms with Gasteiger partial charge in [0, 0.05) is 10.2 Å². The molecule has 0 saturated carbocycles.